The average Bonchev–Trinajstić information content (AvgIpc) is 2.85. The second-order valence-corrected chi connectivity index (χ2v) is 8.34. The maximum atomic E-state index is 11.7. The van der Waals surface area contributed by atoms with Crippen LogP contribution in [0.25, 0.3) is 0 Å². The Balaban J connectivity index is 2.17. The van der Waals surface area contributed by atoms with Gasteiger partial charge in [-0.1, -0.05) is 18.9 Å². The van der Waals surface area contributed by atoms with E-state index in [0.717, 1.165) is 31.2 Å². The van der Waals surface area contributed by atoms with Crippen LogP contribution < -0.4 is 4.13 Å². The van der Waals surface area contributed by atoms with Crippen LogP contribution >= 0.6 is 0 Å². The Labute approximate surface area is 106 Å². The molecule has 18 heavy (non-hydrogen) atoms. The molecular formula is C11H13NO4S2. The minimum atomic E-state index is -3.90. The summed E-state index contributed by atoms with van der Waals surface area (Å²) in [5.41, 5.74) is 0.925. The Morgan fingerprint density at radius 1 is 0.944 bits per heavy atom. The lowest BCUT2D eigenvalue weighted by atomic mass is 9.98. The summed E-state index contributed by atoms with van der Waals surface area (Å²) in [6.45, 7) is 0. The van der Waals surface area contributed by atoms with Crippen molar-refractivity contribution in [3.63, 3.8) is 0 Å². The van der Waals surface area contributed by atoms with Crippen molar-refractivity contribution >= 4 is 20.0 Å². The molecule has 1 heterocycles. The molecule has 7 heteroatoms. The second kappa shape index (κ2) is 3.79. The predicted octanol–water partition coefficient (Wildman–Crippen LogP) is 1.32. The van der Waals surface area contributed by atoms with Crippen molar-refractivity contribution in [3.05, 3.63) is 23.8 Å². The van der Waals surface area contributed by atoms with Gasteiger partial charge in [-0.25, -0.2) is 16.8 Å². The van der Waals surface area contributed by atoms with Crippen molar-refractivity contribution in [2.45, 2.75) is 41.4 Å². The summed E-state index contributed by atoms with van der Waals surface area (Å²) >= 11 is 0. The summed E-state index contributed by atoms with van der Waals surface area (Å²) < 4.78 is 48.4. The van der Waals surface area contributed by atoms with Gasteiger partial charge in [0.1, 0.15) is 9.79 Å². The van der Waals surface area contributed by atoms with Gasteiger partial charge in [0.25, 0.3) is 20.0 Å². The van der Waals surface area contributed by atoms with Crippen molar-refractivity contribution in [3.8, 4) is 0 Å². The van der Waals surface area contributed by atoms with Gasteiger partial charge in [-0.3, -0.25) is 0 Å². The lowest BCUT2D eigenvalue weighted by Gasteiger charge is -2.09. The van der Waals surface area contributed by atoms with Gasteiger partial charge in [-0.05, 0) is 36.5 Å². The topological polar surface area (TPSA) is 80.3 Å². The summed E-state index contributed by atoms with van der Waals surface area (Å²) in [6.07, 6.45) is 4.37. The van der Waals surface area contributed by atoms with Gasteiger partial charge >= 0.3 is 0 Å². The van der Waals surface area contributed by atoms with Crippen molar-refractivity contribution in [1.29, 1.82) is 0 Å². The van der Waals surface area contributed by atoms with Crippen LogP contribution in [0.3, 0.4) is 0 Å². The fraction of sp³-hybridized carbons (Fsp3) is 0.455. The van der Waals surface area contributed by atoms with Gasteiger partial charge in [-0.15, -0.1) is 4.13 Å². The smallest absolute Gasteiger partial charge is 0.206 e. The summed E-state index contributed by atoms with van der Waals surface area (Å²) in [5.74, 6) is 0.355. The normalized spacial score (nSPS) is 25.1. The number of benzene rings is 1. The number of sulfonamides is 2. The Morgan fingerprint density at radius 2 is 1.56 bits per heavy atom. The van der Waals surface area contributed by atoms with Gasteiger partial charge in [0, 0.05) is 0 Å². The van der Waals surface area contributed by atoms with Crippen LogP contribution in [0.1, 0.15) is 37.2 Å². The molecule has 1 aliphatic carbocycles. The number of hydrogen-bond acceptors (Lipinski definition) is 4. The van der Waals surface area contributed by atoms with E-state index in [4.69, 9.17) is 0 Å². The van der Waals surface area contributed by atoms with E-state index in [0.29, 0.717) is 5.92 Å². The molecule has 0 unspecified atom stereocenters. The van der Waals surface area contributed by atoms with Crippen molar-refractivity contribution < 1.29 is 16.8 Å². The lowest BCUT2D eigenvalue weighted by Crippen LogP contribution is -2.21. The monoisotopic (exact) mass is 287 g/mol. The fourth-order valence-corrected chi connectivity index (χ4v) is 6.43. The summed E-state index contributed by atoms with van der Waals surface area (Å²) in [6, 6.07) is 4.64. The molecule has 1 N–H and O–H groups in total. The predicted molar refractivity (Wildman–Crippen MR) is 65.2 cm³/mol. The first-order valence-corrected chi connectivity index (χ1v) is 8.79. The van der Waals surface area contributed by atoms with E-state index in [-0.39, 0.29) is 9.79 Å². The third kappa shape index (κ3) is 1.77. The van der Waals surface area contributed by atoms with E-state index >= 15 is 0 Å². The van der Waals surface area contributed by atoms with Crippen molar-refractivity contribution in [2.24, 2.45) is 0 Å². The van der Waals surface area contributed by atoms with E-state index in [1.165, 1.54) is 12.1 Å². The second-order valence-electron chi connectivity index (χ2n) is 4.78. The van der Waals surface area contributed by atoms with E-state index in [1.54, 1.807) is 10.2 Å². The number of fused-ring (bicyclic) bond motifs is 1. The van der Waals surface area contributed by atoms with Crippen LogP contribution in [0.15, 0.2) is 28.0 Å². The van der Waals surface area contributed by atoms with E-state index in [9.17, 15) is 16.8 Å². The van der Waals surface area contributed by atoms with Crippen LogP contribution in [0.4, 0.5) is 0 Å². The highest BCUT2D eigenvalue weighted by Crippen LogP contribution is 2.37. The average molecular weight is 287 g/mol. The first-order chi connectivity index (χ1) is 8.40. The van der Waals surface area contributed by atoms with Crippen molar-refractivity contribution in [2.75, 3.05) is 0 Å². The first-order valence-electron chi connectivity index (χ1n) is 5.83. The maximum Gasteiger partial charge on any atom is 0.255 e. The van der Waals surface area contributed by atoms with Gasteiger partial charge in [0.05, 0.1) is 0 Å². The van der Waals surface area contributed by atoms with Crippen LogP contribution in [0.5, 0.6) is 0 Å². The lowest BCUT2D eigenvalue weighted by molar-refractivity contribution is 0.586. The highest BCUT2D eigenvalue weighted by Gasteiger charge is 2.38. The molecule has 5 nitrogen and oxygen atoms in total. The molecule has 1 fully saturated rings. The van der Waals surface area contributed by atoms with E-state index in [2.05, 4.69) is 0 Å². The summed E-state index contributed by atoms with van der Waals surface area (Å²) in [5, 5.41) is 0. The standard InChI is InChI=1S/C11H13NO4S2/c13-17(14)10-6-5-9(8-3-1-2-4-8)7-11(10)18(15,16)12-17/h5-8,12H,1-4H2. The molecule has 1 aromatic carbocycles. The first kappa shape index (κ1) is 12.1. The molecule has 0 radical (unpaired) electrons. The molecule has 3 rings (SSSR count). The zero-order valence-corrected chi connectivity index (χ0v) is 11.2. The molecule has 0 saturated heterocycles. The molecule has 0 aromatic heterocycles. The Bertz CT molecular complexity index is 701. The fourth-order valence-electron chi connectivity index (χ4n) is 2.70. The third-order valence-corrected chi connectivity index (χ3v) is 7.33. The quantitative estimate of drug-likeness (QED) is 0.845. The summed E-state index contributed by atoms with van der Waals surface area (Å²) in [4.78, 5) is -0.240. The van der Waals surface area contributed by atoms with Gasteiger partial charge in [0.15, 0.2) is 0 Å². The van der Waals surface area contributed by atoms with Gasteiger partial charge < -0.3 is 0 Å². The Morgan fingerprint density at radius 3 is 2.22 bits per heavy atom. The molecule has 0 atom stereocenters. The summed E-state index contributed by atoms with van der Waals surface area (Å²) in [7, 11) is -7.79. The molecule has 1 aliphatic heterocycles. The van der Waals surface area contributed by atoms with Gasteiger partial charge in [0.2, 0.25) is 0 Å². The zero-order chi connectivity index (χ0) is 13.0. The molecule has 2 aliphatic rings. The molecular weight excluding hydrogens is 274 g/mol. The number of nitrogens with one attached hydrogen (secondary N) is 1. The molecule has 1 saturated carbocycles. The zero-order valence-electron chi connectivity index (χ0n) is 9.59. The number of hydrogen-bond donors (Lipinski definition) is 1. The SMILES string of the molecule is O=S1(=O)NS(=O)(=O)c2cc(C3CCCC3)ccc21. The van der Waals surface area contributed by atoms with E-state index < -0.39 is 20.0 Å². The number of rotatable bonds is 1. The maximum absolute atomic E-state index is 11.7. The molecule has 98 valence electrons. The van der Waals surface area contributed by atoms with E-state index in [1.807, 2.05) is 0 Å². The van der Waals surface area contributed by atoms with Crippen LogP contribution in [-0.4, -0.2) is 16.8 Å². The van der Waals surface area contributed by atoms with Gasteiger partial charge in [-0.2, -0.15) is 0 Å². The van der Waals surface area contributed by atoms with Crippen LogP contribution in [0, 0.1) is 0 Å². The minimum Gasteiger partial charge on any atom is -0.206 e. The molecule has 0 bridgehead atoms. The van der Waals surface area contributed by atoms with Crippen LogP contribution in [0.2, 0.25) is 0 Å². The van der Waals surface area contributed by atoms with Crippen LogP contribution in [-0.2, 0) is 20.0 Å². The Hall–Kier alpha value is -0.920. The Kier molecular flexibility index (Phi) is 2.55. The molecule has 0 amide bonds. The minimum absolute atomic E-state index is 0.105. The molecule has 1 aromatic rings. The largest absolute Gasteiger partial charge is 0.255 e. The highest BCUT2D eigenvalue weighted by atomic mass is 32.3. The van der Waals surface area contributed by atoms with Crippen molar-refractivity contribution in [1.82, 2.24) is 4.13 Å². The highest BCUT2D eigenvalue weighted by molar-refractivity contribution is 8.07. The third-order valence-electron chi connectivity index (χ3n) is 3.59. The molecule has 0 spiro atoms.